The number of carbonyl (C=O) groups excluding carboxylic acids is 1. The van der Waals surface area contributed by atoms with E-state index < -0.39 is 17.0 Å². The summed E-state index contributed by atoms with van der Waals surface area (Å²) in [4.78, 5) is 12.1. The quantitative estimate of drug-likeness (QED) is 0.665. The number of esters is 1. The van der Waals surface area contributed by atoms with Gasteiger partial charge in [0, 0.05) is 5.41 Å². The number of methoxy groups -OCH3 is 1. The summed E-state index contributed by atoms with van der Waals surface area (Å²) in [6.45, 7) is 7.49. The van der Waals surface area contributed by atoms with Crippen LogP contribution < -0.4 is 0 Å². The van der Waals surface area contributed by atoms with Gasteiger partial charge >= 0.3 is 5.97 Å². The molecule has 0 radical (unpaired) electrons. The predicted molar refractivity (Wildman–Crippen MR) is 85.7 cm³/mol. The molecule has 0 saturated heterocycles. The third-order valence-corrected chi connectivity index (χ3v) is 3.45. The summed E-state index contributed by atoms with van der Waals surface area (Å²) in [6, 6.07) is 9.53. The van der Waals surface area contributed by atoms with Gasteiger partial charge in [-0.15, -0.1) is 0 Å². The monoisotopic (exact) mass is 288 g/mol. The van der Waals surface area contributed by atoms with E-state index in [9.17, 15) is 9.90 Å². The summed E-state index contributed by atoms with van der Waals surface area (Å²) < 4.78 is 4.80. The highest BCUT2D eigenvalue weighted by Crippen LogP contribution is 2.36. The van der Waals surface area contributed by atoms with Crippen molar-refractivity contribution in [2.24, 2.45) is 5.41 Å². The minimum absolute atomic E-state index is 0.669. The van der Waals surface area contributed by atoms with Gasteiger partial charge in [-0.3, -0.25) is 0 Å². The fraction of sp³-hybridized carbons (Fsp3) is 0.389. The van der Waals surface area contributed by atoms with Crippen molar-refractivity contribution >= 4 is 12.0 Å². The highest BCUT2D eigenvalue weighted by atomic mass is 16.5. The van der Waals surface area contributed by atoms with Crippen LogP contribution >= 0.6 is 0 Å². The van der Waals surface area contributed by atoms with Gasteiger partial charge in [-0.25, -0.2) is 4.79 Å². The molecular weight excluding hydrogens is 264 g/mol. The average molecular weight is 288 g/mol. The van der Waals surface area contributed by atoms with E-state index in [1.807, 2.05) is 64.1 Å². The molecule has 3 heteroatoms. The molecule has 21 heavy (non-hydrogen) atoms. The predicted octanol–water partition coefficient (Wildman–Crippen LogP) is 3.60. The molecule has 0 fully saturated rings. The smallest absolute Gasteiger partial charge is 0.342 e. The van der Waals surface area contributed by atoms with Crippen molar-refractivity contribution in [2.45, 2.75) is 33.3 Å². The van der Waals surface area contributed by atoms with Crippen LogP contribution in [-0.4, -0.2) is 23.8 Å². The van der Waals surface area contributed by atoms with E-state index in [0.717, 1.165) is 11.1 Å². The lowest BCUT2D eigenvalue weighted by atomic mass is 9.73. The SMILES string of the molecule is COC(=O)[C@@](O)(/C=C/c1ccccc1)C(C)(C)C=C(C)C. The molecular formula is C18H24O3. The van der Waals surface area contributed by atoms with Crippen molar-refractivity contribution in [3.05, 3.63) is 53.6 Å². The zero-order valence-electron chi connectivity index (χ0n) is 13.4. The van der Waals surface area contributed by atoms with Crippen LogP contribution in [0.25, 0.3) is 6.08 Å². The Bertz CT molecular complexity index is 537. The van der Waals surface area contributed by atoms with Crippen molar-refractivity contribution in [2.75, 3.05) is 7.11 Å². The van der Waals surface area contributed by atoms with E-state index in [0.29, 0.717) is 0 Å². The standard InChI is InChI=1S/C18H24O3/c1-14(2)13-17(3,4)18(20,16(19)21-5)12-11-15-9-7-6-8-10-15/h6-13,20H,1-5H3/b12-11+/t18-/m0/s1. The van der Waals surface area contributed by atoms with Gasteiger partial charge in [-0.05, 0) is 25.5 Å². The minimum atomic E-state index is -1.73. The van der Waals surface area contributed by atoms with E-state index >= 15 is 0 Å². The number of benzene rings is 1. The van der Waals surface area contributed by atoms with E-state index in [-0.39, 0.29) is 0 Å². The Morgan fingerprint density at radius 3 is 2.24 bits per heavy atom. The maximum atomic E-state index is 12.1. The van der Waals surface area contributed by atoms with Crippen molar-refractivity contribution < 1.29 is 14.6 Å². The summed E-state index contributed by atoms with van der Waals surface area (Å²) in [5.74, 6) is -0.669. The van der Waals surface area contributed by atoms with E-state index in [1.54, 1.807) is 6.08 Å². The summed E-state index contributed by atoms with van der Waals surface area (Å²) >= 11 is 0. The highest BCUT2D eigenvalue weighted by Gasteiger charge is 2.47. The van der Waals surface area contributed by atoms with E-state index in [2.05, 4.69) is 0 Å². The first kappa shape index (κ1) is 17.2. The maximum Gasteiger partial charge on any atom is 0.342 e. The van der Waals surface area contributed by atoms with Crippen LogP contribution in [0.15, 0.2) is 48.1 Å². The zero-order chi connectivity index (χ0) is 16.1. The number of carbonyl (C=O) groups is 1. The minimum Gasteiger partial charge on any atom is -0.467 e. The number of rotatable bonds is 5. The molecule has 0 aliphatic heterocycles. The lowest BCUT2D eigenvalue weighted by Gasteiger charge is -2.36. The maximum absolute atomic E-state index is 12.1. The van der Waals surface area contributed by atoms with Crippen molar-refractivity contribution in [3.8, 4) is 0 Å². The summed E-state index contributed by atoms with van der Waals surface area (Å²) in [5, 5.41) is 10.9. The van der Waals surface area contributed by atoms with Crippen molar-refractivity contribution in [3.63, 3.8) is 0 Å². The first-order chi connectivity index (χ1) is 9.73. The topological polar surface area (TPSA) is 46.5 Å². The Morgan fingerprint density at radius 2 is 1.76 bits per heavy atom. The Balaban J connectivity index is 3.25. The third-order valence-electron chi connectivity index (χ3n) is 3.45. The molecule has 0 aromatic heterocycles. The third kappa shape index (κ3) is 4.05. The van der Waals surface area contributed by atoms with Crippen molar-refractivity contribution in [1.82, 2.24) is 0 Å². The molecule has 0 amide bonds. The van der Waals surface area contributed by atoms with E-state index in [4.69, 9.17) is 4.74 Å². The Hall–Kier alpha value is -1.87. The molecule has 0 unspecified atom stereocenters. The highest BCUT2D eigenvalue weighted by molar-refractivity contribution is 5.84. The molecule has 1 rings (SSSR count). The molecule has 0 heterocycles. The zero-order valence-corrected chi connectivity index (χ0v) is 13.4. The molecule has 0 saturated carbocycles. The fourth-order valence-corrected chi connectivity index (χ4v) is 2.31. The number of ether oxygens (including phenoxy) is 1. The number of aliphatic hydroxyl groups is 1. The van der Waals surface area contributed by atoms with Crippen LogP contribution in [0.5, 0.6) is 0 Å². The largest absolute Gasteiger partial charge is 0.467 e. The van der Waals surface area contributed by atoms with Gasteiger partial charge in [0.15, 0.2) is 5.60 Å². The van der Waals surface area contributed by atoms with Gasteiger partial charge in [0.2, 0.25) is 0 Å². The molecule has 0 spiro atoms. The molecule has 1 N–H and O–H groups in total. The summed E-state index contributed by atoms with van der Waals surface area (Å²) in [6.07, 6.45) is 5.12. The van der Waals surface area contributed by atoms with Gasteiger partial charge in [-0.2, -0.15) is 0 Å². The van der Waals surface area contributed by atoms with Crippen LogP contribution in [-0.2, 0) is 9.53 Å². The van der Waals surface area contributed by atoms with Crippen LogP contribution in [0.4, 0.5) is 0 Å². The van der Waals surface area contributed by atoms with E-state index in [1.165, 1.54) is 13.2 Å². The molecule has 0 aliphatic rings. The van der Waals surface area contributed by atoms with Gasteiger partial charge in [0.1, 0.15) is 0 Å². The van der Waals surface area contributed by atoms with Crippen LogP contribution in [0, 0.1) is 5.41 Å². The Labute approximate surface area is 127 Å². The molecule has 1 aromatic rings. The van der Waals surface area contributed by atoms with Gasteiger partial charge in [-0.1, -0.05) is 61.9 Å². The Kier molecular flexibility index (Phi) is 5.50. The van der Waals surface area contributed by atoms with Gasteiger partial charge in [0.05, 0.1) is 7.11 Å². The van der Waals surface area contributed by atoms with Gasteiger partial charge in [0.25, 0.3) is 0 Å². The first-order valence-corrected chi connectivity index (χ1v) is 6.94. The lowest BCUT2D eigenvalue weighted by molar-refractivity contribution is -0.165. The van der Waals surface area contributed by atoms with Crippen LogP contribution in [0.2, 0.25) is 0 Å². The summed E-state index contributed by atoms with van der Waals surface area (Å²) in [5.41, 5.74) is -0.581. The molecule has 3 nitrogen and oxygen atoms in total. The lowest BCUT2D eigenvalue weighted by Crippen LogP contribution is -2.49. The number of hydrogen-bond donors (Lipinski definition) is 1. The number of hydrogen-bond acceptors (Lipinski definition) is 3. The van der Waals surface area contributed by atoms with Crippen molar-refractivity contribution in [1.29, 1.82) is 0 Å². The van der Waals surface area contributed by atoms with Crippen LogP contribution in [0.1, 0.15) is 33.3 Å². The molecule has 1 atom stereocenters. The summed E-state index contributed by atoms with van der Waals surface area (Å²) in [7, 11) is 1.28. The molecule has 0 aliphatic carbocycles. The second kappa shape index (κ2) is 6.72. The molecule has 114 valence electrons. The fourth-order valence-electron chi connectivity index (χ4n) is 2.31. The van der Waals surface area contributed by atoms with Crippen LogP contribution in [0.3, 0.4) is 0 Å². The molecule has 1 aromatic carbocycles. The number of allylic oxidation sites excluding steroid dienone is 1. The second-order valence-corrected chi connectivity index (χ2v) is 5.95. The Morgan fingerprint density at radius 1 is 1.19 bits per heavy atom. The first-order valence-electron chi connectivity index (χ1n) is 6.94. The normalized spacial score (nSPS) is 14.6. The second-order valence-electron chi connectivity index (χ2n) is 5.95. The molecule has 0 bridgehead atoms. The van der Waals surface area contributed by atoms with Gasteiger partial charge < -0.3 is 9.84 Å². The average Bonchev–Trinajstić information content (AvgIpc) is 2.43.